The lowest BCUT2D eigenvalue weighted by molar-refractivity contribution is -0.142. The highest BCUT2D eigenvalue weighted by molar-refractivity contribution is 6.30. The fourth-order valence-electron chi connectivity index (χ4n) is 1.78. The summed E-state index contributed by atoms with van der Waals surface area (Å²) in [5.74, 6) is -1.07. The zero-order valence-corrected chi connectivity index (χ0v) is 12.9. The van der Waals surface area contributed by atoms with E-state index in [2.05, 4.69) is 15.5 Å². The molecule has 0 radical (unpaired) electrons. The summed E-state index contributed by atoms with van der Waals surface area (Å²) in [6.07, 6.45) is 0. The monoisotopic (exact) mass is 339 g/mol. The molecule has 1 aromatic heterocycles. The smallest absolute Gasteiger partial charge is 0.330 e. The van der Waals surface area contributed by atoms with Crippen LogP contribution in [0, 0.1) is 6.92 Å². The van der Waals surface area contributed by atoms with Gasteiger partial charge in [-0.05, 0) is 24.6 Å². The van der Waals surface area contributed by atoms with Gasteiger partial charge < -0.3 is 19.7 Å². The second kappa shape index (κ2) is 7.70. The molecule has 2 aromatic rings. The molecule has 1 unspecified atom stereocenters. The van der Waals surface area contributed by atoms with Crippen molar-refractivity contribution in [2.45, 2.75) is 19.6 Å². The minimum absolute atomic E-state index is 0.0348. The lowest BCUT2D eigenvalue weighted by Gasteiger charge is -2.14. The van der Waals surface area contributed by atoms with E-state index in [9.17, 15) is 14.7 Å². The van der Waals surface area contributed by atoms with Crippen molar-refractivity contribution >= 4 is 23.5 Å². The lowest BCUT2D eigenvalue weighted by Crippen LogP contribution is -2.36. The number of carbonyl (C=O) groups excluding carboxylic acids is 1. The molecule has 1 heterocycles. The zero-order valence-electron chi connectivity index (χ0n) is 12.2. The SMILES string of the molecule is Cc1noc(COCC(=O)NC(C(=O)O)c2ccc(Cl)cc2)n1. The van der Waals surface area contributed by atoms with E-state index in [1.807, 2.05) is 0 Å². The van der Waals surface area contributed by atoms with Gasteiger partial charge in [0.15, 0.2) is 11.9 Å². The first kappa shape index (κ1) is 16.9. The van der Waals surface area contributed by atoms with Crippen LogP contribution in [0.2, 0.25) is 5.02 Å². The zero-order chi connectivity index (χ0) is 16.8. The molecule has 0 spiro atoms. The summed E-state index contributed by atoms with van der Waals surface area (Å²) in [5, 5.41) is 15.7. The third-order valence-corrected chi connectivity index (χ3v) is 3.04. The van der Waals surface area contributed by atoms with E-state index in [4.69, 9.17) is 20.9 Å². The van der Waals surface area contributed by atoms with Crippen LogP contribution in [0.1, 0.15) is 23.3 Å². The molecule has 1 aromatic carbocycles. The van der Waals surface area contributed by atoms with E-state index in [-0.39, 0.29) is 19.1 Å². The first-order chi connectivity index (χ1) is 11.0. The summed E-state index contributed by atoms with van der Waals surface area (Å²) >= 11 is 5.76. The number of halogens is 1. The maximum atomic E-state index is 11.8. The highest BCUT2D eigenvalue weighted by atomic mass is 35.5. The number of benzene rings is 1. The van der Waals surface area contributed by atoms with Crippen LogP contribution in [-0.4, -0.2) is 33.7 Å². The number of rotatable bonds is 7. The molecule has 0 fully saturated rings. The number of carbonyl (C=O) groups is 2. The highest BCUT2D eigenvalue weighted by Crippen LogP contribution is 2.16. The summed E-state index contributed by atoms with van der Waals surface area (Å²) in [4.78, 5) is 27.0. The Hall–Kier alpha value is -2.45. The van der Waals surface area contributed by atoms with Crippen LogP contribution in [0.3, 0.4) is 0 Å². The molecular formula is C14H14ClN3O5. The number of amides is 1. The Morgan fingerprint density at radius 3 is 2.65 bits per heavy atom. The van der Waals surface area contributed by atoms with Gasteiger partial charge in [0.2, 0.25) is 5.91 Å². The third-order valence-electron chi connectivity index (χ3n) is 2.78. The van der Waals surface area contributed by atoms with Crippen LogP contribution < -0.4 is 5.32 Å². The molecule has 1 amide bonds. The average Bonchev–Trinajstić information content (AvgIpc) is 2.91. The summed E-state index contributed by atoms with van der Waals surface area (Å²) < 4.78 is 9.93. The molecule has 122 valence electrons. The summed E-state index contributed by atoms with van der Waals surface area (Å²) in [7, 11) is 0. The summed E-state index contributed by atoms with van der Waals surface area (Å²) in [5.41, 5.74) is 0.405. The lowest BCUT2D eigenvalue weighted by atomic mass is 10.1. The van der Waals surface area contributed by atoms with E-state index in [0.29, 0.717) is 16.4 Å². The third kappa shape index (κ3) is 5.04. The number of aromatic nitrogens is 2. The second-order valence-corrected chi connectivity index (χ2v) is 5.05. The number of hydrogen-bond acceptors (Lipinski definition) is 6. The van der Waals surface area contributed by atoms with Crippen molar-refractivity contribution in [1.82, 2.24) is 15.5 Å². The van der Waals surface area contributed by atoms with E-state index < -0.39 is 17.9 Å². The Morgan fingerprint density at radius 1 is 1.39 bits per heavy atom. The Kier molecular flexibility index (Phi) is 5.67. The van der Waals surface area contributed by atoms with Crippen molar-refractivity contribution in [3.8, 4) is 0 Å². The van der Waals surface area contributed by atoms with Gasteiger partial charge in [0.05, 0.1) is 0 Å². The standard InChI is InChI=1S/C14H14ClN3O5/c1-8-16-12(23-18-8)7-22-6-11(19)17-13(14(20)21)9-2-4-10(15)5-3-9/h2-5,13H,6-7H2,1H3,(H,17,19)(H,20,21). The van der Waals surface area contributed by atoms with Gasteiger partial charge in [0.25, 0.3) is 5.89 Å². The average molecular weight is 340 g/mol. The molecule has 1 atom stereocenters. The Labute approximate surface area is 136 Å². The number of carboxylic acid groups (broad SMARTS) is 1. The fraction of sp³-hybridized carbons (Fsp3) is 0.286. The largest absolute Gasteiger partial charge is 0.479 e. The van der Waals surface area contributed by atoms with Gasteiger partial charge in [-0.2, -0.15) is 4.98 Å². The van der Waals surface area contributed by atoms with Gasteiger partial charge in [0, 0.05) is 5.02 Å². The molecule has 0 aliphatic rings. The van der Waals surface area contributed by atoms with Gasteiger partial charge in [0.1, 0.15) is 13.2 Å². The van der Waals surface area contributed by atoms with Crippen LogP contribution in [0.15, 0.2) is 28.8 Å². The molecule has 2 rings (SSSR count). The molecule has 0 saturated heterocycles. The molecular weight excluding hydrogens is 326 g/mol. The Balaban J connectivity index is 1.88. The van der Waals surface area contributed by atoms with Gasteiger partial charge in [-0.1, -0.05) is 28.9 Å². The number of ether oxygens (including phenoxy) is 1. The van der Waals surface area contributed by atoms with Crippen molar-refractivity contribution < 1.29 is 24.0 Å². The Bertz CT molecular complexity index is 686. The van der Waals surface area contributed by atoms with Gasteiger partial charge >= 0.3 is 5.97 Å². The number of aliphatic carboxylic acids is 1. The highest BCUT2D eigenvalue weighted by Gasteiger charge is 2.22. The molecule has 2 N–H and O–H groups in total. The second-order valence-electron chi connectivity index (χ2n) is 4.62. The van der Waals surface area contributed by atoms with Crippen molar-refractivity contribution in [2.24, 2.45) is 0 Å². The van der Waals surface area contributed by atoms with E-state index in [1.165, 1.54) is 12.1 Å². The van der Waals surface area contributed by atoms with Gasteiger partial charge in [-0.25, -0.2) is 4.79 Å². The number of nitrogens with one attached hydrogen (secondary N) is 1. The molecule has 8 nitrogen and oxygen atoms in total. The van der Waals surface area contributed by atoms with Crippen LogP contribution >= 0.6 is 11.6 Å². The number of carboxylic acids is 1. The Morgan fingerprint density at radius 2 is 2.09 bits per heavy atom. The minimum atomic E-state index is -1.19. The number of nitrogens with zero attached hydrogens (tertiary/aromatic N) is 2. The molecule has 0 aliphatic heterocycles. The molecule has 0 bridgehead atoms. The first-order valence-corrected chi connectivity index (χ1v) is 6.98. The molecule has 0 aliphatic carbocycles. The van der Waals surface area contributed by atoms with Crippen molar-refractivity contribution in [3.05, 3.63) is 46.6 Å². The topological polar surface area (TPSA) is 115 Å². The van der Waals surface area contributed by atoms with Gasteiger partial charge in [-0.15, -0.1) is 0 Å². The fourth-order valence-corrected chi connectivity index (χ4v) is 1.90. The predicted octanol–water partition coefficient (Wildman–Crippen LogP) is 1.49. The van der Waals surface area contributed by atoms with E-state index in [1.54, 1.807) is 19.1 Å². The van der Waals surface area contributed by atoms with Crippen LogP contribution in [0.5, 0.6) is 0 Å². The summed E-state index contributed by atoms with van der Waals surface area (Å²) in [6, 6.07) is 4.97. The van der Waals surface area contributed by atoms with Crippen LogP contribution in [-0.2, 0) is 20.9 Å². The van der Waals surface area contributed by atoms with Crippen molar-refractivity contribution in [3.63, 3.8) is 0 Å². The molecule has 23 heavy (non-hydrogen) atoms. The van der Waals surface area contributed by atoms with Crippen LogP contribution in [0.25, 0.3) is 0 Å². The molecule has 0 saturated carbocycles. The minimum Gasteiger partial charge on any atom is -0.479 e. The normalized spacial score (nSPS) is 11.9. The van der Waals surface area contributed by atoms with Gasteiger partial charge in [-0.3, -0.25) is 4.79 Å². The first-order valence-electron chi connectivity index (χ1n) is 6.60. The van der Waals surface area contributed by atoms with Crippen molar-refractivity contribution in [2.75, 3.05) is 6.61 Å². The maximum absolute atomic E-state index is 11.8. The predicted molar refractivity (Wildman–Crippen MR) is 78.7 cm³/mol. The summed E-state index contributed by atoms with van der Waals surface area (Å²) in [6.45, 7) is 1.29. The van der Waals surface area contributed by atoms with E-state index in [0.717, 1.165) is 0 Å². The number of hydrogen-bond donors (Lipinski definition) is 2. The maximum Gasteiger partial charge on any atom is 0.330 e. The molecule has 9 heteroatoms. The number of aryl methyl sites for hydroxylation is 1. The van der Waals surface area contributed by atoms with Crippen LogP contribution in [0.4, 0.5) is 0 Å². The quantitative estimate of drug-likeness (QED) is 0.785. The van der Waals surface area contributed by atoms with Crippen molar-refractivity contribution in [1.29, 1.82) is 0 Å². The van der Waals surface area contributed by atoms with E-state index >= 15 is 0 Å².